The molecular formula is C5H8Cl2N2S. The fraction of sp³-hybridized carbons (Fsp3) is 0.200. The summed E-state index contributed by atoms with van der Waals surface area (Å²) >= 11 is 7.16. The summed E-state index contributed by atoms with van der Waals surface area (Å²) in [6.45, 7) is 0.684. The Balaban J connectivity index is 0.000000810. The molecule has 0 spiro atoms. The van der Waals surface area contributed by atoms with Crippen molar-refractivity contribution in [2.24, 2.45) is 5.84 Å². The van der Waals surface area contributed by atoms with Crippen LogP contribution in [0.3, 0.4) is 0 Å². The number of halogens is 2. The molecular weight excluding hydrogens is 191 g/mol. The second-order valence-corrected chi connectivity index (χ2v) is 3.18. The van der Waals surface area contributed by atoms with Crippen molar-refractivity contribution in [2.75, 3.05) is 0 Å². The summed E-state index contributed by atoms with van der Waals surface area (Å²) in [5.41, 5.74) is 3.68. The maximum absolute atomic E-state index is 5.65. The maximum atomic E-state index is 5.65. The number of hydrogen-bond acceptors (Lipinski definition) is 3. The largest absolute Gasteiger partial charge is 0.271 e. The van der Waals surface area contributed by atoms with Crippen LogP contribution in [-0.2, 0) is 6.54 Å². The lowest BCUT2D eigenvalue weighted by molar-refractivity contribution is 0.743. The van der Waals surface area contributed by atoms with Gasteiger partial charge in [0.15, 0.2) is 0 Å². The van der Waals surface area contributed by atoms with Crippen LogP contribution in [0.25, 0.3) is 0 Å². The molecule has 5 heteroatoms. The van der Waals surface area contributed by atoms with Crippen LogP contribution in [-0.4, -0.2) is 0 Å². The Morgan fingerprint density at radius 3 is 2.80 bits per heavy atom. The highest BCUT2D eigenvalue weighted by atomic mass is 35.5. The van der Waals surface area contributed by atoms with Gasteiger partial charge < -0.3 is 0 Å². The van der Waals surface area contributed by atoms with Crippen molar-refractivity contribution in [1.82, 2.24) is 5.43 Å². The van der Waals surface area contributed by atoms with Gasteiger partial charge in [0, 0.05) is 6.54 Å². The zero-order valence-electron chi connectivity index (χ0n) is 5.13. The Kier molecular flexibility index (Phi) is 5.03. The lowest BCUT2D eigenvalue weighted by Crippen LogP contribution is -2.20. The van der Waals surface area contributed by atoms with E-state index in [1.807, 2.05) is 11.4 Å². The van der Waals surface area contributed by atoms with Crippen molar-refractivity contribution in [3.8, 4) is 0 Å². The normalized spacial score (nSPS) is 9.00. The van der Waals surface area contributed by atoms with E-state index >= 15 is 0 Å². The average molecular weight is 199 g/mol. The van der Waals surface area contributed by atoms with Crippen LogP contribution in [0.2, 0.25) is 4.34 Å². The number of rotatable bonds is 2. The smallest absolute Gasteiger partial charge is 0.0931 e. The first-order valence-corrected chi connectivity index (χ1v) is 3.75. The van der Waals surface area contributed by atoms with Gasteiger partial charge in [-0.2, -0.15) is 0 Å². The van der Waals surface area contributed by atoms with Crippen molar-refractivity contribution in [3.05, 3.63) is 21.3 Å². The lowest BCUT2D eigenvalue weighted by Gasteiger charge is -1.90. The van der Waals surface area contributed by atoms with E-state index in [9.17, 15) is 0 Å². The van der Waals surface area contributed by atoms with Crippen LogP contribution in [0.4, 0.5) is 0 Å². The molecule has 58 valence electrons. The Morgan fingerprint density at radius 1 is 1.70 bits per heavy atom. The van der Waals surface area contributed by atoms with Gasteiger partial charge in [-0.25, -0.2) is 0 Å². The molecule has 0 aliphatic heterocycles. The number of thiophene rings is 1. The highest BCUT2D eigenvalue weighted by Gasteiger charge is 1.93. The minimum absolute atomic E-state index is 0. The van der Waals surface area contributed by atoms with Gasteiger partial charge in [-0.15, -0.1) is 23.7 Å². The van der Waals surface area contributed by atoms with Gasteiger partial charge in [-0.3, -0.25) is 11.3 Å². The lowest BCUT2D eigenvalue weighted by atomic mass is 10.3. The molecule has 0 saturated carbocycles. The summed E-state index contributed by atoms with van der Waals surface area (Å²) < 4.78 is 0.806. The summed E-state index contributed by atoms with van der Waals surface area (Å²) in [6.07, 6.45) is 0. The van der Waals surface area contributed by atoms with E-state index in [4.69, 9.17) is 17.4 Å². The first kappa shape index (κ1) is 10.2. The summed E-state index contributed by atoms with van der Waals surface area (Å²) in [7, 11) is 0. The van der Waals surface area contributed by atoms with Crippen LogP contribution >= 0.6 is 35.3 Å². The van der Waals surface area contributed by atoms with Crippen molar-refractivity contribution < 1.29 is 0 Å². The van der Waals surface area contributed by atoms with Crippen molar-refractivity contribution >= 4 is 35.3 Å². The molecule has 1 aromatic heterocycles. The monoisotopic (exact) mass is 198 g/mol. The van der Waals surface area contributed by atoms with E-state index in [0.717, 1.165) is 9.90 Å². The van der Waals surface area contributed by atoms with E-state index < -0.39 is 0 Å². The Morgan fingerprint density at radius 2 is 2.40 bits per heavy atom. The third-order valence-electron chi connectivity index (χ3n) is 0.928. The third-order valence-corrected chi connectivity index (χ3v) is 2.07. The van der Waals surface area contributed by atoms with Gasteiger partial charge in [0.05, 0.1) is 4.34 Å². The number of hydrazine groups is 1. The average Bonchev–Trinajstić information content (AvgIpc) is 2.17. The molecule has 0 aliphatic carbocycles. The molecule has 0 unspecified atom stereocenters. The van der Waals surface area contributed by atoms with E-state index in [0.29, 0.717) is 6.54 Å². The molecule has 0 radical (unpaired) electrons. The number of hydrogen-bond donors (Lipinski definition) is 2. The van der Waals surface area contributed by atoms with Crippen LogP contribution < -0.4 is 11.3 Å². The summed E-state index contributed by atoms with van der Waals surface area (Å²) in [4.78, 5) is 0. The molecule has 3 N–H and O–H groups in total. The summed E-state index contributed by atoms with van der Waals surface area (Å²) in [5, 5.41) is 1.97. The first-order valence-electron chi connectivity index (χ1n) is 2.49. The van der Waals surface area contributed by atoms with Gasteiger partial charge in [0.2, 0.25) is 0 Å². The Bertz CT molecular complexity index is 190. The SMILES string of the molecule is Cl.NNCc1csc(Cl)c1. The maximum Gasteiger partial charge on any atom is 0.0931 e. The van der Waals surface area contributed by atoms with Crippen LogP contribution in [0, 0.1) is 0 Å². The Labute approximate surface area is 74.8 Å². The first-order chi connectivity index (χ1) is 4.33. The molecule has 1 aromatic rings. The predicted octanol–water partition coefficient (Wildman–Crippen LogP) is 1.79. The fourth-order valence-corrected chi connectivity index (χ4v) is 1.46. The zero-order chi connectivity index (χ0) is 6.69. The van der Waals surface area contributed by atoms with Gasteiger partial charge in [0.1, 0.15) is 0 Å². The zero-order valence-corrected chi connectivity index (χ0v) is 7.52. The van der Waals surface area contributed by atoms with E-state index in [-0.39, 0.29) is 12.4 Å². The molecule has 0 aliphatic rings. The molecule has 10 heavy (non-hydrogen) atoms. The van der Waals surface area contributed by atoms with Gasteiger partial charge >= 0.3 is 0 Å². The molecule has 0 saturated heterocycles. The summed E-state index contributed by atoms with van der Waals surface area (Å²) in [5.74, 6) is 5.08. The van der Waals surface area contributed by atoms with Crippen molar-refractivity contribution in [3.63, 3.8) is 0 Å². The van der Waals surface area contributed by atoms with Crippen LogP contribution in [0.15, 0.2) is 11.4 Å². The van der Waals surface area contributed by atoms with Crippen molar-refractivity contribution in [2.45, 2.75) is 6.54 Å². The summed E-state index contributed by atoms with van der Waals surface area (Å²) in [6, 6.07) is 1.89. The highest BCUT2D eigenvalue weighted by molar-refractivity contribution is 7.14. The topological polar surface area (TPSA) is 38.0 Å². The molecule has 0 amide bonds. The molecule has 0 fully saturated rings. The number of nitrogens with two attached hydrogens (primary N) is 1. The molecule has 0 aromatic carbocycles. The molecule has 2 nitrogen and oxygen atoms in total. The Hall–Kier alpha value is 0.200. The molecule has 1 rings (SSSR count). The highest BCUT2D eigenvalue weighted by Crippen LogP contribution is 2.19. The van der Waals surface area contributed by atoms with Crippen LogP contribution in [0.5, 0.6) is 0 Å². The van der Waals surface area contributed by atoms with Gasteiger partial charge in [-0.05, 0) is 17.0 Å². The predicted molar refractivity (Wildman–Crippen MR) is 47.6 cm³/mol. The molecule has 1 heterocycles. The quantitative estimate of drug-likeness (QED) is 0.562. The van der Waals surface area contributed by atoms with E-state index in [1.165, 1.54) is 11.3 Å². The molecule has 0 bridgehead atoms. The fourth-order valence-electron chi connectivity index (χ4n) is 0.556. The van der Waals surface area contributed by atoms with Crippen LogP contribution in [0.1, 0.15) is 5.56 Å². The second-order valence-electron chi connectivity index (χ2n) is 1.64. The second kappa shape index (κ2) is 4.93. The van der Waals surface area contributed by atoms with Crippen molar-refractivity contribution in [1.29, 1.82) is 0 Å². The van der Waals surface area contributed by atoms with E-state index in [2.05, 4.69) is 5.43 Å². The van der Waals surface area contributed by atoms with E-state index in [1.54, 1.807) is 0 Å². The third kappa shape index (κ3) is 2.86. The van der Waals surface area contributed by atoms with Gasteiger partial charge in [0.25, 0.3) is 0 Å². The number of nitrogens with one attached hydrogen (secondary N) is 1. The van der Waals surface area contributed by atoms with Gasteiger partial charge in [-0.1, -0.05) is 11.6 Å². The minimum atomic E-state index is 0. The standard InChI is InChI=1S/C5H7ClN2S.ClH/c6-5-1-4(2-8-7)3-9-5;/h1,3,8H,2,7H2;1H. The molecule has 0 atom stereocenters. The minimum Gasteiger partial charge on any atom is -0.271 e.